The fourth-order valence-corrected chi connectivity index (χ4v) is 0.497. The van der Waals surface area contributed by atoms with Crippen LogP contribution in [0.25, 0.3) is 0 Å². The molecule has 0 fully saturated rings. The lowest BCUT2D eigenvalue weighted by molar-refractivity contribution is 1.25. The Morgan fingerprint density at radius 2 is 2.11 bits per heavy atom. The zero-order valence-electron chi connectivity index (χ0n) is 5.07. The van der Waals surface area contributed by atoms with E-state index in [0.717, 1.165) is 6.54 Å². The van der Waals surface area contributed by atoms with Crippen LogP contribution in [0.5, 0.6) is 0 Å². The van der Waals surface area contributed by atoms with Gasteiger partial charge in [-0.15, -0.1) is 0 Å². The first-order valence-electron chi connectivity index (χ1n) is 2.83. The van der Waals surface area contributed by atoms with Crippen molar-refractivity contribution in [2.75, 3.05) is 6.54 Å². The summed E-state index contributed by atoms with van der Waals surface area (Å²) in [6.45, 7) is 0.724. The molecule has 0 aromatic heterocycles. The second-order valence-electron chi connectivity index (χ2n) is 1.59. The van der Waals surface area contributed by atoms with E-state index in [4.69, 9.17) is 0 Å². The molecule has 46 valence electrons. The fourth-order valence-electron chi connectivity index (χ4n) is 0.497. The summed E-state index contributed by atoms with van der Waals surface area (Å²) < 4.78 is 0. The molecule has 0 bridgehead atoms. The molecule has 0 aromatic carbocycles. The van der Waals surface area contributed by atoms with Gasteiger partial charge in [0.05, 0.1) is 6.54 Å². The summed E-state index contributed by atoms with van der Waals surface area (Å²) in [7, 11) is 0. The van der Waals surface area contributed by atoms with Crippen LogP contribution in [0.2, 0.25) is 0 Å². The van der Waals surface area contributed by atoms with Crippen molar-refractivity contribution < 1.29 is 0 Å². The summed E-state index contributed by atoms with van der Waals surface area (Å²) in [6, 6.07) is 0. The monoisotopic (exact) mass is 120 g/mol. The lowest BCUT2D eigenvalue weighted by Gasteiger charge is -1.75. The van der Waals surface area contributed by atoms with Crippen LogP contribution in [-0.2, 0) is 0 Å². The van der Waals surface area contributed by atoms with Crippen molar-refractivity contribution in [1.82, 2.24) is 0 Å². The van der Waals surface area contributed by atoms with E-state index in [1.165, 1.54) is 0 Å². The van der Waals surface area contributed by atoms with Crippen molar-refractivity contribution in [1.29, 1.82) is 0 Å². The Balaban J connectivity index is 2.60. The smallest absolute Gasteiger partial charge is 0.110 e. The topological polar surface area (TPSA) is 24.7 Å². The number of aliphatic imine (C=N–C) groups is 2. The summed E-state index contributed by atoms with van der Waals surface area (Å²) in [6.07, 6.45) is 11.0. The SMILES string of the molecule is C1=CC=NC=NCC=C1. The van der Waals surface area contributed by atoms with Crippen molar-refractivity contribution in [2.45, 2.75) is 0 Å². The molecule has 0 N–H and O–H groups in total. The van der Waals surface area contributed by atoms with Crippen LogP contribution in [-0.4, -0.2) is 19.1 Å². The van der Waals surface area contributed by atoms with Gasteiger partial charge in [0.25, 0.3) is 0 Å². The first kappa shape index (κ1) is 5.95. The highest BCUT2D eigenvalue weighted by atomic mass is 14.8. The predicted molar refractivity (Wildman–Crippen MR) is 40.1 cm³/mol. The van der Waals surface area contributed by atoms with Gasteiger partial charge in [0, 0.05) is 6.21 Å². The Kier molecular flexibility index (Phi) is 2.50. The molecule has 0 aromatic rings. The molecule has 1 aliphatic heterocycles. The molecule has 2 nitrogen and oxygen atoms in total. The molecule has 0 aliphatic carbocycles. The summed E-state index contributed by atoms with van der Waals surface area (Å²) >= 11 is 0. The third-order valence-corrected chi connectivity index (χ3v) is 0.890. The maximum atomic E-state index is 3.94. The van der Waals surface area contributed by atoms with E-state index in [1.807, 2.05) is 24.3 Å². The summed E-state index contributed by atoms with van der Waals surface area (Å²) in [5, 5.41) is 0. The van der Waals surface area contributed by atoms with Crippen molar-refractivity contribution in [2.24, 2.45) is 9.98 Å². The minimum Gasteiger partial charge on any atom is -0.269 e. The van der Waals surface area contributed by atoms with Gasteiger partial charge in [-0.05, 0) is 6.08 Å². The van der Waals surface area contributed by atoms with Crippen molar-refractivity contribution in [3.8, 4) is 0 Å². The van der Waals surface area contributed by atoms with E-state index in [2.05, 4.69) is 9.98 Å². The lowest BCUT2D eigenvalue weighted by atomic mass is 10.4. The third kappa shape index (κ3) is 2.59. The maximum absolute atomic E-state index is 3.94. The minimum absolute atomic E-state index is 0.724. The summed E-state index contributed by atoms with van der Waals surface area (Å²) in [5.41, 5.74) is 0. The van der Waals surface area contributed by atoms with Crippen molar-refractivity contribution in [3.63, 3.8) is 0 Å². The molecule has 0 atom stereocenters. The van der Waals surface area contributed by atoms with Crippen LogP contribution in [0.3, 0.4) is 0 Å². The second-order valence-corrected chi connectivity index (χ2v) is 1.59. The summed E-state index contributed by atoms with van der Waals surface area (Å²) in [4.78, 5) is 7.79. The van der Waals surface area contributed by atoms with Gasteiger partial charge in [-0.3, -0.25) is 4.99 Å². The molecule has 9 heavy (non-hydrogen) atoms. The zero-order chi connectivity index (χ0) is 6.36. The van der Waals surface area contributed by atoms with Gasteiger partial charge < -0.3 is 0 Å². The van der Waals surface area contributed by atoms with Crippen LogP contribution in [0.1, 0.15) is 0 Å². The first-order valence-corrected chi connectivity index (χ1v) is 2.83. The number of hydrogen-bond acceptors (Lipinski definition) is 2. The van der Waals surface area contributed by atoms with Gasteiger partial charge in [0.15, 0.2) is 0 Å². The molecule has 1 heterocycles. The largest absolute Gasteiger partial charge is 0.269 e. The van der Waals surface area contributed by atoms with Crippen LogP contribution >= 0.6 is 0 Å². The number of hydrogen-bond donors (Lipinski definition) is 0. The molecule has 1 aliphatic rings. The molecule has 0 amide bonds. The average molecular weight is 120 g/mol. The van der Waals surface area contributed by atoms with E-state index in [9.17, 15) is 0 Å². The van der Waals surface area contributed by atoms with Gasteiger partial charge >= 0.3 is 0 Å². The van der Waals surface area contributed by atoms with E-state index >= 15 is 0 Å². The highest BCUT2D eigenvalue weighted by Gasteiger charge is 1.70. The van der Waals surface area contributed by atoms with Gasteiger partial charge in [-0.1, -0.05) is 18.2 Å². The molecule has 2 heteroatoms. The number of allylic oxidation sites excluding steroid dienone is 3. The Hall–Kier alpha value is -1.18. The van der Waals surface area contributed by atoms with E-state index < -0.39 is 0 Å². The van der Waals surface area contributed by atoms with Crippen LogP contribution < -0.4 is 0 Å². The Labute approximate surface area is 54.3 Å². The zero-order valence-corrected chi connectivity index (χ0v) is 5.07. The van der Waals surface area contributed by atoms with Gasteiger partial charge in [0.1, 0.15) is 6.34 Å². The molecule has 0 saturated heterocycles. The fraction of sp³-hybridized carbons (Fsp3) is 0.143. The van der Waals surface area contributed by atoms with E-state index in [-0.39, 0.29) is 0 Å². The maximum Gasteiger partial charge on any atom is 0.110 e. The second kappa shape index (κ2) is 3.78. The lowest BCUT2D eigenvalue weighted by Crippen LogP contribution is -1.70. The van der Waals surface area contributed by atoms with Gasteiger partial charge in [-0.2, -0.15) is 0 Å². The summed E-state index contributed by atoms with van der Waals surface area (Å²) in [5.74, 6) is 0. The predicted octanol–water partition coefficient (Wildman–Crippen LogP) is 1.21. The number of nitrogens with zero attached hydrogens (tertiary/aromatic N) is 2. The minimum atomic E-state index is 0.724. The average Bonchev–Trinajstić information content (AvgIpc) is 2.00. The van der Waals surface area contributed by atoms with Crippen LogP contribution in [0.4, 0.5) is 0 Å². The molecule has 0 saturated carbocycles. The Bertz CT molecular complexity index is 155. The molecule has 0 unspecified atom stereocenters. The first-order chi connectivity index (χ1) is 4.50. The Morgan fingerprint density at radius 3 is 3.11 bits per heavy atom. The molecule has 1 rings (SSSR count). The normalized spacial score (nSPS) is 16.9. The van der Waals surface area contributed by atoms with Gasteiger partial charge in [-0.25, -0.2) is 4.99 Å². The van der Waals surface area contributed by atoms with Gasteiger partial charge in [0.2, 0.25) is 0 Å². The van der Waals surface area contributed by atoms with E-state index in [0.29, 0.717) is 0 Å². The molecule has 0 radical (unpaired) electrons. The highest BCUT2D eigenvalue weighted by Crippen LogP contribution is 1.80. The molecular weight excluding hydrogens is 112 g/mol. The van der Waals surface area contributed by atoms with Crippen LogP contribution in [0, 0.1) is 0 Å². The van der Waals surface area contributed by atoms with Crippen molar-refractivity contribution >= 4 is 12.6 Å². The van der Waals surface area contributed by atoms with Crippen molar-refractivity contribution in [3.05, 3.63) is 24.3 Å². The molecular formula is C7H8N2. The van der Waals surface area contributed by atoms with E-state index in [1.54, 1.807) is 12.6 Å². The van der Waals surface area contributed by atoms with Crippen LogP contribution in [0.15, 0.2) is 34.3 Å². The number of rotatable bonds is 0. The highest BCUT2D eigenvalue weighted by molar-refractivity contribution is 5.80. The molecule has 0 spiro atoms. The quantitative estimate of drug-likeness (QED) is 0.459. The third-order valence-electron chi connectivity index (χ3n) is 0.890. The standard InChI is InChI=1S/C7H8N2/c1-2-4-6-9-7-8-5-3-1/h1-5,7H,6H2. The Morgan fingerprint density at radius 1 is 1.11 bits per heavy atom.